The fourth-order valence-electron chi connectivity index (χ4n) is 3.30. The zero-order valence-corrected chi connectivity index (χ0v) is 13.4. The number of rotatable bonds is 5. The molecule has 3 aromatic rings. The van der Waals surface area contributed by atoms with Gasteiger partial charge < -0.3 is 9.84 Å². The van der Waals surface area contributed by atoms with Gasteiger partial charge in [0.05, 0.1) is 18.8 Å². The Morgan fingerprint density at radius 3 is 2.72 bits per heavy atom. The quantitative estimate of drug-likeness (QED) is 0.740. The maximum Gasteiger partial charge on any atom is 0.138 e. The summed E-state index contributed by atoms with van der Waals surface area (Å²) in [7, 11) is 0. The van der Waals surface area contributed by atoms with Crippen molar-refractivity contribution in [2.75, 3.05) is 13.2 Å². The van der Waals surface area contributed by atoms with Crippen molar-refractivity contribution in [3.8, 4) is 5.69 Å². The maximum absolute atomic E-state index is 14.9. The van der Waals surface area contributed by atoms with Crippen molar-refractivity contribution >= 4 is 0 Å². The van der Waals surface area contributed by atoms with Gasteiger partial charge in [0.2, 0.25) is 0 Å². The van der Waals surface area contributed by atoms with Crippen molar-refractivity contribution < 1.29 is 14.2 Å². The molecule has 0 bridgehead atoms. The average molecular weight is 344 g/mol. The second-order valence-corrected chi connectivity index (χ2v) is 6.16. The van der Waals surface area contributed by atoms with Crippen molar-refractivity contribution in [1.29, 1.82) is 0 Å². The van der Waals surface area contributed by atoms with Gasteiger partial charge in [0, 0.05) is 18.1 Å². The van der Waals surface area contributed by atoms with Gasteiger partial charge >= 0.3 is 0 Å². The first-order chi connectivity index (χ1) is 12.2. The molecule has 9 heteroatoms. The molecule has 1 N–H and O–H groups in total. The van der Waals surface area contributed by atoms with Gasteiger partial charge in [-0.05, 0) is 18.6 Å². The fraction of sp³-hybridized carbons (Fsp3) is 0.375. The SMILES string of the molecule is OC[C@@H]1CO[C@@](Cn2cncn2)(c2ccc(-n3cncn3)cc2F)C1. The molecule has 0 spiro atoms. The molecule has 3 heterocycles. The third-order valence-electron chi connectivity index (χ3n) is 4.48. The molecule has 0 aliphatic carbocycles. The zero-order chi connectivity index (χ0) is 17.3. The van der Waals surface area contributed by atoms with Crippen LogP contribution in [-0.4, -0.2) is 47.8 Å². The predicted molar refractivity (Wildman–Crippen MR) is 84.2 cm³/mol. The van der Waals surface area contributed by atoms with Gasteiger partial charge in [-0.3, -0.25) is 0 Å². The molecule has 0 unspecified atom stereocenters. The summed E-state index contributed by atoms with van der Waals surface area (Å²) in [5.74, 6) is -0.440. The average Bonchev–Trinajstić information content (AvgIpc) is 3.37. The smallest absolute Gasteiger partial charge is 0.138 e. The van der Waals surface area contributed by atoms with Crippen molar-refractivity contribution in [3.05, 3.63) is 54.9 Å². The molecule has 2 atom stereocenters. The molecule has 1 aromatic carbocycles. The summed E-state index contributed by atoms with van der Waals surface area (Å²) in [5, 5.41) is 17.6. The number of hydrogen-bond acceptors (Lipinski definition) is 6. The highest BCUT2D eigenvalue weighted by atomic mass is 19.1. The summed E-state index contributed by atoms with van der Waals surface area (Å²) in [6.07, 6.45) is 6.40. The van der Waals surface area contributed by atoms with Gasteiger partial charge in [0.15, 0.2) is 0 Å². The van der Waals surface area contributed by atoms with Crippen molar-refractivity contribution in [3.63, 3.8) is 0 Å². The molecule has 1 saturated heterocycles. The van der Waals surface area contributed by atoms with Crippen LogP contribution in [0.2, 0.25) is 0 Å². The van der Waals surface area contributed by atoms with E-state index >= 15 is 0 Å². The van der Waals surface area contributed by atoms with Crippen LogP contribution in [0.5, 0.6) is 0 Å². The van der Waals surface area contributed by atoms with Crippen LogP contribution < -0.4 is 0 Å². The molecular weight excluding hydrogens is 327 g/mol. The summed E-state index contributed by atoms with van der Waals surface area (Å²) in [6.45, 7) is 0.691. The van der Waals surface area contributed by atoms with Crippen LogP contribution in [0.1, 0.15) is 12.0 Å². The van der Waals surface area contributed by atoms with E-state index in [9.17, 15) is 9.50 Å². The number of aliphatic hydroxyl groups excluding tert-OH is 1. The van der Waals surface area contributed by atoms with E-state index in [4.69, 9.17) is 4.74 Å². The molecule has 4 rings (SSSR count). The van der Waals surface area contributed by atoms with E-state index in [0.717, 1.165) is 0 Å². The monoisotopic (exact) mass is 344 g/mol. The Bertz CT molecular complexity index is 838. The lowest BCUT2D eigenvalue weighted by molar-refractivity contribution is -0.0206. The summed E-state index contributed by atoms with van der Waals surface area (Å²) in [5.41, 5.74) is 0.112. The van der Waals surface area contributed by atoms with Gasteiger partial charge in [-0.15, -0.1) is 0 Å². The molecule has 1 aliphatic rings. The fourth-order valence-corrected chi connectivity index (χ4v) is 3.30. The number of hydrogen-bond donors (Lipinski definition) is 1. The van der Waals surface area contributed by atoms with Crippen molar-refractivity contribution in [2.24, 2.45) is 5.92 Å². The first-order valence-corrected chi connectivity index (χ1v) is 7.92. The van der Waals surface area contributed by atoms with E-state index in [1.165, 1.54) is 29.7 Å². The lowest BCUT2D eigenvalue weighted by Crippen LogP contribution is -2.32. The minimum Gasteiger partial charge on any atom is -0.396 e. The predicted octanol–water partition coefficient (Wildman–Crippen LogP) is 0.922. The number of benzene rings is 1. The molecule has 130 valence electrons. The normalized spacial score (nSPS) is 23.2. The van der Waals surface area contributed by atoms with E-state index in [2.05, 4.69) is 20.2 Å². The van der Waals surface area contributed by atoms with E-state index in [1.54, 1.807) is 23.1 Å². The summed E-state index contributed by atoms with van der Waals surface area (Å²) >= 11 is 0. The Hall–Kier alpha value is -2.65. The largest absolute Gasteiger partial charge is 0.396 e. The Kier molecular flexibility index (Phi) is 4.02. The van der Waals surface area contributed by atoms with Crippen LogP contribution in [0, 0.1) is 11.7 Å². The van der Waals surface area contributed by atoms with Crippen LogP contribution in [0.15, 0.2) is 43.5 Å². The standard InChI is InChI=1S/C16H17FN6O2/c17-15-3-13(23-11-19-9-21-23)1-2-14(15)16(4-12(5-24)6-25-16)7-22-10-18-8-20-22/h1-3,8-12,24H,4-7H2/t12-,16+/m1/s1. The Morgan fingerprint density at radius 2 is 2.08 bits per heavy atom. The van der Waals surface area contributed by atoms with Gasteiger partial charge in [-0.1, -0.05) is 6.07 Å². The number of halogens is 1. The summed E-state index contributed by atoms with van der Waals surface area (Å²) < 4.78 is 24.0. The molecule has 0 radical (unpaired) electrons. The molecule has 0 amide bonds. The highest BCUT2D eigenvalue weighted by molar-refractivity contribution is 5.37. The summed E-state index contributed by atoms with van der Waals surface area (Å²) in [6, 6.07) is 4.87. The van der Waals surface area contributed by atoms with E-state index in [-0.39, 0.29) is 12.5 Å². The van der Waals surface area contributed by atoms with Gasteiger partial charge in [-0.25, -0.2) is 23.7 Å². The van der Waals surface area contributed by atoms with Gasteiger partial charge in [0.25, 0.3) is 0 Å². The first-order valence-electron chi connectivity index (χ1n) is 7.92. The maximum atomic E-state index is 14.9. The Labute approximate surface area is 142 Å². The third-order valence-corrected chi connectivity index (χ3v) is 4.48. The van der Waals surface area contributed by atoms with Crippen LogP contribution >= 0.6 is 0 Å². The molecule has 2 aromatic heterocycles. The van der Waals surface area contributed by atoms with Gasteiger partial charge in [-0.2, -0.15) is 10.2 Å². The Morgan fingerprint density at radius 1 is 1.24 bits per heavy atom. The third kappa shape index (κ3) is 2.92. The number of nitrogens with zero attached hydrogens (tertiary/aromatic N) is 6. The minimum atomic E-state index is -0.897. The topological polar surface area (TPSA) is 90.9 Å². The molecule has 8 nitrogen and oxygen atoms in total. The van der Waals surface area contributed by atoms with Crippen LogP contribution in [0.25, 0.3) is 5.69 Å². The van der Waals surface area contributed by atoms with Gasteiger partial charge in [0.1, 0.15) is 36.7 Å². The molecule has 25 heavy (non-hydrogen) atoms. The van der Waals surface area contributed by atoms with E-state index in [0.29, 0.717) is 30.8 Å². The minimum absolute atomic E-state index is 0.00222. The number of aromatic nitrogens is 6. The highest BCUT2D eigenvalue weighted by Crippen LogP contribution is 2.41. The van der Waals surface area contributed by atoms with E-state index < -0.39 is 11.4 Å². The second-order valence-electron chi connectivity index (χ2n) is 6.16. The van der Waals surface area contributed by atoms with Crippen molar-refractivity contribution in [1.82, 2.24) is 29.5 Å². The first kappa shape index (κ1) is 15.9. The second kappa shape index (κ2) is 6.34. The number of ether oxygens (including phenoxy) is 1. The highest BCUT2D eigenvalue weighted by Gasteiger charge is 2.44. The number of aliphatic hydroxyl groups is 1. The van der Waals surface area contributed by atoms with Crippen molar-refractivity contribution in [2.45, 2.75) is 18.6 Å². The molecule has 1 aliphatic heterocycles. The van der Waals surface area contributed by atoms with Crippen LogP contribution in [0.4, 0.5) is 4.39 Å². The Balaban J connectivity index is 1.72. The molecular formula is C16H17FN6O2. The zero-order valence-electron chi connectivity index (χ0n) is 13.4. The lowest BCUT2D eigenvalue weighted by Gasteiger charge is -2.29. The lowest BCUT2D eigenvalue weighted by atomic mass is 9.86. The molecule has 1 fully saturated rings. The summed E-state index contributed by atoms with van der Waals surface area (Å²) in [4.78, 5) is 7.80. The van der Waals surface area contributed by atoms with Crippen LogP contribution in [0.3, 0.4) is 0 Å². The van der Waals surface area contributed by atoms with E-state index in [1.807, 2.05) is 0 Å². The van der Waals surface area contributed by atoms with Crippen LogP contribution in [-0.2, 0) is 16.9 Å². The molecule has 0 saturated carbocycles.